The molecule has 1 aliphatic carbocycles. The predicted molar refractivity (Wildman–Crippen MR) is 48.4 cm³/mol. The molecular formula is C11H8F4O. The fourth-order valence-corrected chi connectivity index (χ4v) is 1.66. The molecule has 1 aromatic rings. The summed E-state index contributed by atoms with van der Waals surface area (Å²) in [5.74, 6) is -1.31. The van der Waals surface area contributed by atoms with Crippen LogP contribution in [0.15, 0.2) is 18.2 Å². The lowest BCUT2D eigenvalue weighted by Gasteiger charge is -2.12. The van der Waals surface area contributed by atoms with Crippen molar-refractivity contribution in [2.24, 2.45) is 0 Å². The smallest absolute Gasteiger partial charge is 0.302 e. The van der Waals surface area contributed by atoms with Crippen molar-refractivity contribution in [1.82, 2.24) is 0 Å². The number of aldehydes is 1. The fourth-order valence-electron chi connectivity index (χ4n) is 1.66. The van der Waals surface area contributed by atoms with E-state index in [1.807, 2.05) is 0 Å². The molecule has 0 heterocycles. The van der Waals surface area contributed by atoms with Crippen molar-refractivity contribution in [3.8, 4) is 0 Å². The van der Waals surface area contributed by atoms with E-state index >= 15 is 0 Å². The maximum Gasteiger partial charge on any atom is 0.419 e. The van der Waals surface area contributed by atoms with Gasteiger partial charge in [-0.25, -0.2) is 4.39 Å². The van der Waals surface area contributed by atoms with E-state index in [2.05, 4.69) is 0 Å². The summed E-state index contributed by atoms with van der Waals surface area (Å²) in [6.07, 6.45) is -3.03. The SMILES string of the molecule is O=CC1(c2ccc(F)c(C(F)(F)F)c2)CC1. The van der Waals surface area contributed by atoms with Gasteiger partial charge in [0.2, 0.25) is 0 Å². The van der Waals surface area contributed by atoms with Crippen molar-refractivity contribution in [1.29, 1.82) is 0 Å². The van der Waals surface area contributed by atoms with Gasteiger partial charge < -0.3 is 4.79 Å². The van der Waals surface area contributed by atoms with Crippen LogP contribution in [-0.2, 0) is 16.4 Å². The van der Waals surface area contributed by atoms with E-state index in [9.17, 15) is 22.4 Å². The van der Waals surface area contributed by atoms with E-state index in [-0.39, 0.29) is 5.56 Å². The van der Waals surface area contributed by atoms with Crippen molar-refractivity contribution in [3.05, 3.63) is 35.1 Å². The molecule has 0 spiro atoms. The van der Waals surface area contributed by atoms with Crippen LogP contribution in [0.4, 0.5) is 17.6 Å². The van der Waals surface area contributed by atoms with Crippen LogP contribution in [0.25, 0.3) is 0 Å². The third-order valence-corrected chi connectivity index (χ3v) is 2.86. The Morgan fingerprint density at radius 1 is 1.25 bits per heavy atom. The van der Waals surface area contributed by atoms with Gasteiger partial charge in [-0.05, 0) is 30.5 Å². The normalized spacial score (nSPS) is 18.2. The molecular weight excluding hydrogens is 224 g/mol. The molecule has 1 fully saturated rings. The maximum atomic E-state index is 13.0. The van der Waals surface area contributed by atoms with Crippen molar-refractivity contribution in [2.75, 3.05) is 0 Å². The number of alkyl halides is 3. The fraction of sp³-hybridized carbons (Fsp3) is 0.364. The summed E-state index contributed by atoms with van der Waals surface area (Å²) in [5, 5.41) is 0. The first kappa shape index (κ1) is 11.1. The first-order chi connectivity index (χ1) is 7.39. The van der Waals surface area contributed by atoms with Gasteiger partial charge in [-0.3, -0.25) is 0 Å². The number of carbonyl (C=O) groups excluding carboxylic acids is 1. The number of benzene rings is 1. The zero-order valence-corrected chi connectivity index (χ0v) is 8.14. The van der Waals surface area contributed by atoms with Crippen molar-refractivity contribution in [3.63, 3.8) is 0 Å². The Morgan fingerprint density at radius 2 is 1.88 bits per heavy atom. The molecule has 16 heavy (non-hydrogen) atoms. The molecule has 0 saturated heterocycles. The van der Waals surface area contributed by atoms with Crippen LogP contribution >= 0.6 is 0 Å². The molecule has 0 radical (unpaired) electrons. The van der Waals surface area contributed by atoms with Crippen molar-refractivity contribution >= 4 is 6.29 Å². The minimum atomic E-state index is -4.72. The highest BCUT2D eigenvalue weighted by Crippen LogP contribution is 2.47. The number of hydrogen-bond acceptors (Lipinski definition) is 1. The minimum Gasteiger partial charge on any atom is -0.302 e. The van der Waals surface area contributed by atoms with Gasteiger partial charge in [0.25, 0.3) is 0 Å². The molecule has 2 rings (SSSR count). The lowest BCUT2D eigenvalue weighted by Crippen LogP contribution is -2.13. The van der Waals surface area contributed by atoms with E-state index in [1.165, 1.54) is 6.07 Å². The summed E-state index contributed by atoms with van der Waals surface area (Å²) in [6.45, 7) is 0. The molecule has 0 N–H and O–H groups in total. The second kappa shape index (κ2) is 3.30. The van der Waals surface area contributed by atoms with Gasteiger partial charge in [0.05, 0.1) is 11.0 Å². The maximum absolute atomic E-state index is 13.0. The van der Waals surface area contributed by atoms with Crippen LogP contribution in [0.1, 0.15) is 24.0 Å². The molecule has 0 aromatic heterocycles. The third kappa shape index (κ3) is 1.70. The second-order valence-electron chi connectivity index (χ2n) is 3.97. The van der Waals surface area contributed by atoms with Gasteiger partial charge in [0, 0.05) is 0 Å². The summed E-state index contributed by atoms with van der Waals surface area (Å²) in [5.41, 5.74) is -1.87. The lowest BCUT2D eigenvalue weighted by molar-refractivity contribution is -0.140. The van der Waals surface area contributed by atoms with E-state index in [0.717, 1.165) is 12.1 Å². The monoisotopic (exact) mass is 232 g/mol. The highest BCUT2D eigenvalue weighted by atomic mass is 19.4. The third-order valence-electron chi connectivity index (χ3n) is 2.86. The molecule has 0 atom stereocenters. The van der Waals surface area contributed by atoms with Crippen LogP contribution < -0.4 is 0 Å². The molecule has 0 aliphatic heterocycles. The largest absolute Gasteiger partial charge is 0.419 e. The van der Waals surface area contributed by atoms with Crippen LogP contribution in [0.5, 0.6) is 0 Å². The summed E-state index contributed by atoms with van der Waals surface area (Å²) < 4.78 is 50.2. The predicted octanol–water partition coefficient (Wildman–Crippen LogP) is 3.08. The first-order valence-corrected chi connectivity index (χ1v) is 4.73. The van der Waals surface area contributed by atoms with Crippen LogP contribution in [-0.4, -0.2) is 6.29 Å². The Labute approximate surface area is 89.1 Å². The quantitative estimate of drug-likeness (QED) is 0.565. The topological polar surface area (TPSA) is 17.1 Å². The highest BCUT2D eigenvalue weighted by Gasteiger charge is 2.45. The summed E-state index contributed by atoms with van der Waals surface area (Å²) >= 11 is 0. The Kier molecular flexibility index (Phi) is 2.29. The van der Waals surface area contributed by atoms with E-state index in [4.69, 9.17) is 0 Å². The molecule has 0 unspecified atom stereocenters. The molecule has 5 heteroatoms. The minimum absolute atomic E-state index is 0.247. The molecule has 86 valence electrons. The molecule has 1 saturated carbocycles. The van der Waals surface area contributed by atoms with E-state index < -0.39 is 23.0 Å². The number of carbonyl (C=O) groups is 1. The highest BCUT2D eigenvalue weighted by molar-refractivity contribution is 5.73. The number of halogens is 4. The van der Waals surface area contributed by atoms with Crippen LogP contribution in [0.3, 0.4) is 0 Å². The summed E-state index contributed by atoms with van der Waals surface area (Å²) in [7, 11) is 0. The average Bonchev–Trinajstić information content (AvgIpc) is 2.97. The van der Waals surface area contributed by atoms with Gasteiger partial charge >= 0.3 is 6.18 Å². The molecule has 1 nitrogen and oxygen atoms in total. The van der Waals surface area contributed by atoms with Crippen molar-refractivity contribution < 1.29 is 22.4 Å². The summed E-state index contributed by atoms with van der Waals surface area (Å²) in [6, 6.07) is 2.74. The average molecular weight is 232 g/mol. The van der Waals surface area contributed by atoms with E-state index in [1.54, 1.807) is 0 Å². The molecule has 0 amide bonds. The zero-order valence-electron chi connectivity index (χ0n) is 8.14. The van der Waals surface area contributed by atoms with Gasteiger partial charge in [-0.15, -0.1) is 0 Å². The molecule has 1 aromatic carbocycles. The Bertz CT molecular complexity index is 432. The van der Waals surface area contributed by atoms with E-state index in [0.29, 0.717) is 19.1 Å². The Morgan fingerprint density at radius 3 is 2.31 bits per heavy atom. The van der Waals surface area contributed by atoms with Gasteiger partial charge in [0.15, 0.2) is 0 Å². The Balaban J connectivity index is 2.48. The number of rotatable bonds is 2. The van der Waals surface area contributed by atoms with Gasteiger partial charge in [-0.2, -0.15) is 13.2 Å². The van der Waals surface area contributed by atoms with Crippen LogP contribution in [0, 0.1) is 5.82 Å². The van der Waals surface area contributed by atoms with Crippen molar-refractivity contribution in [2.45, 2.75) is 24.4 Å². The first-order valence-electron chi connectivity index (χ1n) is 4.73. The lowest BCUT2D eigenvalue weighted by atomic mass is 9.95. The van der Waals surface area contributed by atoms with Crippen LogP contribution in [0.2, 0.25) is 0 Å². The standard InChI is InChI=1S/C11H8F4O/c12-9-2-1-7(10(6-16)3-4-10)5-8(9)11(13,14)15/h1-2,5-6H,3-4H2. The second-order valence-corrected chi connectivity index (χ2v) is 3.97. The summed E-state index contributed by atoms with van der Waals surface area (Å²) in [4.78, 5) is 10.8. The molecule has 0 bridgehead atoms. The zero-order chi connectivity index (χ0) is 12.0. The molecule has 1 aliphatic rings. The Hall–Kier alpha value is -1.39. The number of hydrogen-bond donors (Lipinski definition) is 0. The van der Waals surface area contributed by atoms with Gasteiger partial charge in [0.1, 0.15) is 12.1 Å². The van der Waals surface area contributed by atoms with Gasteiger partial charge in [-0.1, -0.05) is 6.07 Å².